The number of carbonyl (C=O) groups excluding carboxylic acids is 1. The van der Waals surface area contributed by atoms with Crippen LogP contribution in [0.4, 0.5) is 0 Å². The van der Waals surface area contributed by atoms with E-state index in [-0.39, 0.29) is 5.91 Å². The van der Waals surface area contributed by atoms with Crippen molar-refractivity contribution in [1.82, 2.24) is 10.6 Å². The molecule has 0 spiro atoms. The molecule has 4 nitrogen and oxygen atoms in total. The molecule has 20 heavy (non-hydrogen) atoms. The van der Waals surface area contributed by atoms with Gasteiger partial charge in [-0.1, -0.05) is 15.9 Å². The Morgan fingerprint density at radius 1 is 1.50 bits per heavy atom. The molecule has 0 aromatic heterocycles. The topological polar surface area (TPSA) is 50.4 Å². The molecule has 0 saturated heterocycles. The maximum Gasteiger partial charge on any atom is 0.260 e. The molecule has 1 aliphatic rings. The first kappa shape index (κ1) is 15.3. The van der Waals surface area contributed by atoms with Gasteiger partial charge >= 0.3 is 0 Å². The number of halogens is 1. The van der Waals surface area contributed by atoms with Crippen LogP contribution in [0.3, 0.4) is 0 Å². The number of benzene rings is 1. The minimum atomic E-state index is -0.500. The predicted octanol–water partition coefficient (Wildman–Crippen LogP) is 2.52. The maximum absolute atomic E-state index is 11.6. The summed E-state index contributed by atoms with van der Waals surface area (Å²) >= 11 is 3.52. The normalized spacial score (nSPS) is 15.8. The van der Waals surface area contributed by atoms with Gasteiger partial charge in [0, 0.05) is 29.7 Å². The second-order valence-electron chi connectivity index (χ2n) is 5.24. The van der Waals surface area contributed by atoms with Crippen LogP contribution in [0.25, 0.3) is 0 Å². The number of rotatable bonds is 6. The van der Waals surface area contributed by atoms with E-state index < -0.39 is 6.10 Å². The van der Waals surface area contributed by atoms with Crippen LogP contribution in [0.2, 0.25) is 0 Å². The number of likely N-dealkylation sites (N-methyl/N-ethyl adjacent to an activating group) is 1. The zero-order valence-corrected chi connectivity index (χ0v) is 13.7. The molecule has 1 atom stereocenters. The molecule has 1 aliphatic carbocycles. The highest BCUT2D eigenvalue weighted by atomic mass is 79.9. The van der Waals surface area contributed by atoms with Gasteiger partial charge in [-0.05, 0) is 44.4 Å². The Hall–Kier alpha value is -1.07. The maximum atomic E-state index is 11.6. The zero-order chi connectivity index (χ0) is 14.7. The smallest absolute Gasteiger partial charge is 0.260 e. The second-order valence-corrected chi connectivity index (χ2v) is 6.16. The van der Waals surface area contributed by atoms with E-state index in [1.165, 1.54) is 12.8 Å². The summed E-state index contributed by atoms with van der Waals surface area (Å²) in [4.78, 5) is 11.6. The van der Waals surface area contributed by atoms with E-state index in [1.54, 1.807) is 14.0 Å². The lowest BCUT2D eigenvalue weighted by atomic mass is 10.1. The summed E-state index contributed by atoms with van der Waals surface area (Å²) in [5.41, 5.74) is 2.11. The van der Waals surface area contributed by atoms with Crippen LogP contribution in [0, 0.1) is 6.92 Å². The predicted molar refractivity (Wildman–Crippen MR) is 82.9 cm³/mol. The summed E-state index contributed by atoms with van der Waals surface area (Å²) in [7, 11) is 1.62. The Kier molecular flexibility index (Phi) is 5.05. The molecular weight excluding hydrogens is 320 g/mol. The van der Waals surface area contributed by atoms with E-state index in [4.69, 9.17) is 4.74 Å². The van der Waals surface area contributed by atoms with E-state index in [9.17, 15) is 4.79 Å². The van der Waals surface area contributed by atoms with Gasteiger partial charge in [0.1, 0.15) is 5.75 Å². The molecule has 2 N–H and O–H groups in total. The highest BCUT2D eigenvalue weighted by Gasteiger charge is 2.22. The SMILES string of the molecule is CNC(=O)C(C)Oc1c(C)cc(Br)cc1CNC1CC1. The van der Waals surface area contributed by atoms with E-state index in [2.05, 4.69) is 26.6 Å². The molecule has 1 saturated carbocycles. The minimum Gasteiger partial charge on any atom is -0.480 e. The average Bonchev–Trinajstić information content (AvgIpc) is 3.22. The third kappa shape index (κ3) is 3.96. The van der Waals surface area contributed by atoms with Crippen LogP contribution in [-0.4, -0.2) is 25.1 Å². The van der Waals surface area contributed by atoms with Gasteiger partial charge in [0.05, 0.1) is 0 Å². The van der Waals surface area contributed by atoms with Gasteiger partial charge in [-0.25, -0.2) is 0 Å². The van der Waals surface area contributed by atoms with E-state index in [0.717, 1.165) is 27.9 Å². The molecule has 2 rings (SSSR count). The van der Waals surface area contributed by atoms with Crippen molar-refractivity contribution >= 4 is 21.8 Å². The molecular formula is C15H21BrN2O2. The first-order chi connectivity index (χ1) is 9.51. The number of amides is 1. The summed E-state index contributed by atoms with van der Waals surface area (Å²) in [6, 6.07) is 4.69. The third-order valence-corrected chi connectivity index (χ3v) is 3.84. The number of hydrogen-bond acceptors (Lipinski definition) is 3. The molecule has 0 aliphatic heterocycles. The van der Waals surface area contributed by atoms with Crippen molar-refractivity contribution < 1.29 is 9.53 Å². The fourth-order valence-corrected chi connectivity index (χ4v) is 2.69. The highest BCUT2D eigenvalue weighted by molar-refractivity contribution is 9.10. The van der Waals surface area contributed by atoms with Crippen LogP contribution in [-0.2, 0) is 11.3 Å². The van der Waals surface area contributed by atoms with Crippen molar-refractivity contribution in [2.75, 3.05) is 7.05 Å². The van der Waals surface area contributed by atoms with Crippen LogP contribution in [0.15, 0.2) is 16.6 Å². The van der Waals surface area contributed by atoms with Gasteiger partial charge in [-0.15, -0.1) is 0 Å². The van der Waals surface area contributed by atoms with Crippen molar-refractivity contribution in [1.29, 1.82) is 0 Å². The first-order valence-corrected chi connectivity index (χ1v) is 7.71. The summed E-state index contributed by atoms with van der Waals surface area (Å²) in [6.07, 6.45) is 2.00. The molecule has 0 bridgehead atoms. The summed E-state index contributed by atoms with van der Waals surface area (Å²) in [5, 5.41) is 6.09. The fraction of sp³-hybridized carbons (Fsp3) is 0.533. The molecule has 1 fully saturated rings. The molecule has 1 amide bonds. The number of hydrogen-bond donors (Lipinski definition) is 2. The molecule has 0 radical (unpaired) electrons. The van der Waals surface area contributed by atoms with Gasteiger partial charge in [0.2, 0.25) is 0 Å². The molecule has 0 heterocycles. The van der Waals surface area contributed by atoms with E-state index in [0.29, 0.717) is 6.04 Å². The van der Waals surface area contributed by atoms with Gasteiger partial charge in [0.25, 0.3) is 5.91 Å². The lowest BCUT2D eigenvalue weighted by molar-refractivity contribution is -0.126. The molecule has 1 aromatic rings. The van der Waals surface area contributed by atoms with E-state index >= 15 is 0 Å². The van der Waals surface area contributed by atoms with Crippen LogP contribution in [0.5, 0.6) is 5.75 Å². The number of carbonyl (C=O) groups is 1. The standard InChI is InChI=1S/C15H21BrN2O2/c1-9-6-12(16)7-11(8-18-13-4-5-13)14(9)20-10(2)15(19)17-3/h6-7,10,13,18H,4-5,8H2,1-3H3,(H,17,19). The second kappa shape index (κ2) is 6.59. The van der Waals surface area contributed by atoms with Crippen LogP contribution < -0.4 is 15.4 Å². The lowest BCUT2D eigenvalue weighted by Crippen LogP contribution is -2.34. The first-order valence-electron chi connectivity index (χ1n) is 6.92. The Bertz CT molecular complexity index is 501. The Morgan fingerprint density at radius 3 is 2.80 bits per heavy atom. The average molecular weight is 341 g/mol. The lowest BCUT2D eigenvalue weighted by Gasteiger charge is -2.19. The van der Waals surface area contributed by atoms with Crippen LogP contribution >= 0.6 is 15.9 Å². The Morgan fingerprint density at radius 2 is 2.20 bits per heavy atom. The van der Waals surface area contributed by atoms with Crippen molar-refractivity contribution in [3.8, 4) is 5.75 Å². The summed E-state index contributed by atoms with van der Waals surface area (Å²) in [6.45, 7) is 4.52. The fourth-order valence-electron chi connectivity index (χ4n) is 2.07. The Balaban J connectivity index is 2.17. The number of nitrogens with one attached hydrogen (secondary N) is 2. The molecule has 1 unspecified atom stereocenters. The van der Waals surface area contributed by atoms with Gasteiger partial charge in [-0.3, -0.25) is 4.79 Å². The Labute approximate surface area is 128 Å². The monoisotopic (exact) mass is 340 g/mol. The van der Waals surface area contributed by atoms with Gasteiger partial charge < -0.3 is 15.4 Å². The van der Waals surface area contributed by atoms with E-state index in [1.807, 2.05) is 19.1 Å². The highest BCUT2D eigenvalue weighted by Crippen LogP contribution is 2.30. The molecule has 110 valence electrons. The zero-order valence-electron chi connectivity index (χ0n) is 12.1. The number of ether oxygens (including phenoxy) is 1. The quantitative estimate of drug-likeness (QED) is 0.836. The van der Waals surface area contributed by atoms with Gasteiger partial charge in [-0.2, -0.15) is 0 Å². The van der Waals surface area contributed by atoms with Crippen molar-refractivity contribution in [3.63, 3.8) is 0 Å². The van der Waals surface area contributed by atoms with Gasteiger partial charge in [0.15, 0.2) is 6.10 Å². The van der Waals surface area contributed by atoms with Crippen LogP contribution in [0.1, 0.15) is 30.9 Å². The van der Waals surface area contributed by atoms with Crippen molar-refractivity contribution in [2.45, 2.75) is 45.4 Å². The summed E-state index contributed by atoms with van der Waals surface area (Å²) in [5.74, 6) is 0.686. The number of aryl methyl sites for hydroxylation is 1. The third-order valence-electron chi connectivity index (χ3n) is 3.39. The van der Waals surface area contributed by atoms with Crippen molar-refractivity contribution in [2.24, 2.45) is 0 Å². The largest absolute Gasteiger partial charge is 0.480 e. The molecule has 1 aromatic carbocycles. The van der Waals surface area contributed by atoms with Crippen molar-refractivity contribution in [3.05, 3.63) is 27.7 Å². The minimum absolute atomic E-state index is 0.117. The molecule has 5 heteroatoms. The summed E-state index contributed by atoms with van der Waals surface area (Å²) < 4.78 is 6.89.